The second-order valence-electron chi connectivity index (χ2n) is 4.30. The highest BCUT2D eigenvalue weighted by Crippen LogP contribution is 2.19. The van der Waals surface area contributed by atoms with Crippen molar-refractivity contribution in [1.29, 1.82) is 0 Å². The van der Waals surface area contributed by atoms with Crippen LogP contribution in [0.15, 0.2) is 36.4 Å². The van der Waals surface area contributed by atoms with Crippen LogP contribution < -0.4 is 10.6 Å². The van der Waals surface area contributed by atoms with Crippen molar-refractivity contribution in [1.82, 2.24) is 5.32 Å². The Morgan fingerprint density at radius 1 is 1.21 bits per heavy atom. The largest absolute Gasteiger partial charge is 0.321 e. The van der Waals surface area contributed by atoms with Crippen molar-refractivity contribution in [3.63, 3.8) is 0 Å². The maximum absolute atomic E-state index is 12.1. The minimum absolute atomic E-state index is 0.0398. The summed E-state index contributed by atoms with van der Waals surface area (Å²) in [6.45, 7) is 5.74. The minimum Gasteiger partial charge on any atom is -0.321 e. The number of hydrogen-bond donors (Lipinski definition) is 2. The molecule has 4 heteroatoms. The maximum atomic E-state index is 12.1. The first-order valence-electron chi connectivity index (χ1n) is 6.37. The van der Waals surface area contributed by atoms with Gasteiger partial charge in [0, 0.05) is 17.1 Å². The highest BCUT2D eigenvalue weighted by atomic mass is 32.1. The number of rotatable bonds is 5. The first kappa shape index (κ1) is 13.8. The van der Waals surface area contributed by atoms with E-state index in [0.29, 0.717) is 0 Å². The first-order chi connectivity index (χ1) is 9.20. The number of nitrogens with one attached hydrogen (secondary N) is 2. The van der Waals surface area contributed by atoms with E-state index in [1.165, 1.54) is 11.3 Å². The zero-order valence-electron chi connectivity index (χ0n) is 11.2. The molecule has 0 saturated carbocycles. The van der Waals surface area contributed by atoms with Gasteiger partial charge in [0.2, 0.25) is 0 Å². The number of benzene rings is 1. The monoisotopic (exact) mass is 274 g/mol. The van der Waals surface area contributed by atoms with E-state index in [1.54, 1.807) is 0 Å². The van der Waals surface area contributed by atoms with Crippen molar-refractivity contribution in [2.75, 3.05) is 11.9 Å². The Morgan fingerprint density at radius 3 is 2.68 bits per heavy atom. The molecule has 0 saturated heterocycles. The molecule has 2 aromatic rings. The lowest BCUT2D eigenvalue weighted by Crippen LogP contribution is -2.16. The molecule has 2 rings (SSSR count). The van der Waals surface area contributed by atoms with Crippen molar-refractivity contribution in [3.8, 4) is 0 Å². The topological polar surface area (TPSA) is 41.1 Å². The predicted octanol–water partition coefficient (Wildman–Crippen LogP) is 3.42. The van der Waals surface area contributed by atoms with Gasteiger partial charge in [-0.05, 0) is 37.2 Å². The molecular formula is C15H18N2OS. The molecular weight excluding hydrogens is 256 g/mol. The summed E-state index contributed by atoms with van der Waals surface area (Å²) >= 11 is 1.51. The lowest BCUT2D eigenvalue weighted by molar-refractivity contribution is 0.103. The fraction of sp³-hybridized carbons (Fsp3) is 0.267. The molecule has 0 radical (unpaired) electrons. The molecule has 0 aliphatic carbocycles. The number of amides is 1. The zero-order chi connectivity index (χ0) is 13.7. The highest BCUT2D eigenvalue weighted by Gasteiger charge is 2.10. The molecule has 2 N–H and O–H groups in total. The van der Waals surface area contributed by atoms with Gasteiger partial charge in [0.25, 0.3) is 5.91 Å². The molecule has 0 aliphatic rings. The number of thiophene rings is 1. The molecule has 0 bridgehead atoms. The van der Waals surface area contributed by atoms with Crippen molar-refractivity contribution < 1.29 is 4.79 Å². The Hall–Kier alpha value is -1.65. The summed E-state index contributed by atoms with van der Waals surface area (Å²) in [6, 6.07) is 11.7. The van der Waals surface area contributed by atoms with Gasteiger partial charge in [-0.15, -0.1) is 11.3 Å². The van der Waals surface area contributed by atoms with Crippen LogP contribution in [0.3, 0.4) is 0 Å². The molecule has 1 heterocycles. The van der Waals surface area contributed by atoms with Crippen LogP contribution in [0.1, 0.15) is 27.0 Å². The van der Waals surface area contributed by atoms with Gasteiger partial charge in [-0.3, -0.25) is 4.79 Å². The smallest absolute Gasteiger partial charge is 0.265 e. The summed E-state index contributed by atoms with van der Waals surface area (Å²) in [6.07, 6.45) is 0. The quantitative estimate of drug-likeness (QED) is 0.877. The van der Waals surface area contributed by atoms with E-state index in [2.05, 4.69) is 17.6 Å². The molecule has 1 aromatic heterocycles. The van der Waals surface area contributed by atoms with Gasteiger partial charge < -0.3 is 10.6 Å². The van der Waals surface area contributed by atoms with Crippen LogP contribution in [-0.2, 0) is 6.54 Å². The van der Waals surface area contributed by atoms with E-state index in [9.17, 15) is 4.79 Å². The molecule has 0 fully saturated rings. The Balaban J connectivity index is 2.12. The Kier molecular flexibility index (Phi) is 4.71. The number of anilines is 1. The second kappa shape index (κ2) is 6.50. The zero-order valence-corrected chi connectivity index (χ0v) is 12.0. The van der Waals surface area contributed by atoms with Gasteiger partial charge in [0.05, 0.1) is 4.88 Å². The molecule has 0 aliphatic heterocycles. The summed E-state index contributed by atoms with van der Waals surface area (Å²) in [5.74, 6) is -0.0398. The van der Waals surface area contributed by atoms with Crippen molar-refractivity contribution >= 4 is 22.9 Å². The highest BCUT2D eigenvalue weighted by molar-refractivity contribution is 7.14. The lowest BCUT2D eigenvalue weighted by Gasteiger charge is -2.10. The van der Waals surface area contributed by atoms with E-state index in [-0.39, 0.29) is 5.91 Å². The average Bonchev–Trinajstić information content (AvgIpc) is 2.84. The van der Waals surface area contributed by atoms with Gasteiger partial charge >= 0.3 is 0 Å². The number of aryl methyl sites for hydroxylation is 1. The van der Waals surface area contributed by atoms with Gasteiger partial charge in [-0.25, -0.2) is 0 Å². The van der Waals surface area contributed by atoms with E-state index in [4.69, 9.17) is 0 Å². The van der Waals surface area contributed by atoms with Crippen molar-refractivity contribution in [2.24, 2.45) is 0 Å². The Morgan fingerprint density at radius 2 is 2.00 bits per heavy atom. The predicted molar refractivity (Wildman–Crippen MR) is 80.8 cm³/mol. The Labute approximate surface area is 117 Å². The second-order valence-corrected chi connectivity index (χ2v) is 5.59. The Bertz CT molecular complexity index is 563. The normalized spacial score (nSPS) is 10.4. The van der Waals surface area contributed by atoms with Crippen LogP contribution in [-0.4, -0.2) is 12.5 Å². The third kappa shape index (κ3) is 3.66. The number of para-hydroxylation sites is 1. The molecule has 19 heavy (non-hydrogen) atoms. The number of carbonyl (C=O) groups is 1. The molecule has 3 nitrogen and oxygen atoms in total. The standard InChI is InChI=1S/C15H18N2OS/c1-3-16-10-12-6-4-5-7-13(12)17-15(18)14-9-8-11(2)19-14/h4-9,16H,3,10H2,1-2H3,(H,17,18). The fourth-order valence-corrected chi connectivity index (χ4v) is 2.56. The number of carbonyl (C=O) groups excluding carboxylic acids is 1. The van der Waals surface area contributed by atoms with Crippen LogP contribution in [0.5, 0.6) is 0 Å². The SMILES string of the molecule is CCNCc1ccccc1NC(=O)c1ccc(C)s1. The minimum atomic E-state index is -0.0398. The molecule has 0 spiro atoms. The summed E-state index contributed by atoms with van der Waals surface area (Å²) < 4.78 is 0. The van der Waals surface area contributed by atoms with Gasteiger partial charge in [-0.2, -0.15) is 0 Å². The molecule has 100 valence electrons. The maximum Gasteiger partial charge on any atom is 0.265 e. The van der Waals surface area contributed by atoms with E-state index < -0.39 is 0 Å². The van der Waals surface area contributed by atoms with Crippen LogP contribution in [0, 0.1) is 6.92 Å². The van der Waals surface area contributed by atoms with Crippen LogP contribution in [0.4, 0.5) is 5.69 Å². The van der Waals surface area contributed by atoms with Gasteiger partial charge in [0.1, 0.15) is 0 Å². The van der Waals surface area contributed by atoms with Crippen molar-refractivity contribution in [3.05, 3.63) is 51.7 Å². The van der Waals surface area contributed by atoms with E-state index in [0.717, 1.165) is 34.1 Å². The van der Waals surface area contributed by atoms with Crippen LogP contribution in [0.25, 0.3) is 0 Å². The molecule has 0 atom stereocenters. The lowest BCUT2D eigenvalue weighted by atomic mass is 10.1. The summed E-state index contributed by atoms with van der Waals surface area (Å²) in [5, 5.41) is 6.25. The first-order valence-corrected chi connectivity index (χ1v) is 7.18. The third-order valence-corrected chi connectivity index (χ3v) is 3.79. The average molecular weight is 274 g/mol. The van der Waals surface area contributed by atoms with Crippen LogP contribution in [0.2, 0.25) is 0 Å². The third-order valence-electron chi connectivity index (χ3n) is 2.80. The van der Waals surface area contributed by atoms with E-state index >= 15 is 0 Å². The van der Waals surface area contributed by atoms with Gasteiger partial charge in [-0.1, -0.05) is 25.1 Å². The summed E-state index contributed by atoms with van der Waals surface area (Å²) in [7, 11) is 0. The van der Waals surface area contributed by atoms with E-state index in [1.807, 2.05) is 43.3 Å². The molecule has 1 amide bonds. The molecule has 0 unspecified atom stereocenters. The summed E-state index contributed by atoms with van der Waals surface area (Å²) in [4.78, 5) is 14.0. The van der Waals surface area contributed by atoms with Gasteiger partial charge in [0.15, 0.2) is 0 Å². The molecule has 1 aromatic carbocycles. The number of hydrogen-bond acceptors (Lipinski definition) is 3. The summed E-state index contributed by atoms with van der Waals surface area (Å²) in [5.41, 5.74) is 1.98. The fourth-order valence-electron chi connectivity index (χ4n) is 1.80. The van der Waals surface area contributed by atoms with Crippen molar-refractivity contribution in [2.45, 2.75) is 20.4 Å². The van der Waals surface area contributed by atoms with Crippen LogP contribution >= 0.6 is 11.3 Å².